The van der Waals surface area contributed by atoms with E-state index >= 15 is 0 Å². The molecule has 2 fully saturated rings. The summed E-state index contributed by atoms with van der Waals surface area (Å²) in [6.07, 6.45) is 1.71. The Kier molecular flexibility index (Phi) is 6.98. The average Bonchev–Trinajstić information content (AvgIpc) is 3.35. The summed E-state index contributed by atoms with van der Waals surface area (Å²) < 4.78 is 6.42. The van der Waals surface area contributed by atoms with Crippen molar-refractivity contribution in [3.8, 4) is 0 Å². The maximum atomic E-state index is 12.9. The Morgan fingerprint density at radius 2 is 1.86 bits per heavy atom. The molecule has 182 valence electrons. The van der Waals surface area contributed by atoms with Gasteiger partial charge in [-0.15, -0.1) is 11.3 Å². The Labute approximate surface area is 209 Å². The number of ether oxygens (including phenoxy) is 1. The molecule has 35 heavy (non-hydrogen) atoms. The Morgan fingerprint density at radius 1 is 1.11 bits per heavy atom. The molecule has 9 heteroatoms. The molecular weight excluding hydrogens is 460 g/mol. The summed E-state index contributed by atoms with van der Waals surface area (Å²) in [6, 6.07) is 14.1. The fourth-order valence-electron chi connectivity index (χ4n) is 4.32. The number of aliphatic imine (C=N–C) groups is 1. The van der Waals surface area contributed by atoms with Crippen molar-refractivity contribution in [1.82, 2.24) is 10.2 Å². The van der Waals surface area contributed by atoms with Crippen LogP contribution in [-0.4, -0.2) is 69.5 Å². The molecule has 0 saturated carbocycles. The van der Waals surface area contributed by atoms with Crippen molar-refractivity contribution in [3.63, 3.8) is 0 Å². The number of nitrogens with one attached hydrogen (secondary N) is 2. The molecule has 0 spiro atoms. The molecule has 2 aliphatic rings. The minimum absolute atomic E-state index is 0.0690. The number of hydrogen-bond donors (Lipinski definition) is 3. The molecule has 3 aromatic rings. The molecule has 8 nitrogen and oxygen atoms in total. The van der Waals surface area contributed by atoms with Crippen molar-refractivity contribution in [2.45, 2.75) is 0 Å². The maximum absolute atomic E-state index is 12.9. The standard InChI is InChI=1S/C26H30N6O2S/c1-18(30-20-3-5-21(6-4-20)31-12-14-34-15-13-31)29-17-19-2-7-23-22(25(19)27)16-24(35-23)26(33)32-10-8-28-9-11-32/h2-7,16-17,28,30H,1,8-15,27H2. The number of morpholine rings is 1. The zero-order valence-corrected chi connectivity index (χ0v) is 20.4. The van der Waals surface area contributed by atoms with Crippen LogP contribution >= 0.6 is 11.3 Å². The van der Waals surface area contributed by atoms with Gasteiger partial charge in [-0.2, -0.15) is 0 Å². The quantitative estimate of drug-likeness (QED) is 0.362. The van der Waals surface area contributed by atoms with E-state index in [1.807, 2.05) is 35.2 Å². The van der Waals surface area contributed by atoms with E-state index in [-0.39, 0.29) is 5.91 Å². The molecular formula is C26H30N6O2S. The van der Waals surface area contributed by atoms with Crippen LogP contribution < -0.4 is 21.3 Å². The van der Waals surface area contributed by atoms with E-state index in [1.165, 1.54) is 17.0 Å². The second kappa shape index (κ2) is 10.5. The van der Waals surface area contributed by atoms with E-state index in [0.29, 0.717) is 16.4 Å². The van der Waals surface area contributed by atoms with Gasteiger partial charge >= 0.3 is 0 Å². The molecule has 2 aromatic carbocycles. The molecule has 0 radical (unpaired) electrons. The number of benzene rings is 2. The molecule has 3 heterocycles. The lowest BCUT2D eigenvalue weighted by Crippen LogP contribution is -2.46. The second-order valence-corrected chi connectivity index (χ2v) is 9.69. The molecule has 2 saturated heterocycles. The van der Waals surface area contributed by atoms with Crippen molar-refractivity contribution in [2.75, 3.05) is 68.4 Å². The van der Waals surface area contributed by atoms with Gasteiger partial charge in [0.05, 0.1) is 18.1 Å². The summed E-state index contributed by atoms with van der Waals surface area (Å²) in [6.45, 7) is 10.5. The van der Waals surface area contributed by atoms with Crippen LogP contribution in [0.3, 0.4) is 0 Å². The summed E-state index contributed by atoms with van der Waals surface area (Å²) in [5.74, 6) is 0.586. The van der Waals surface area contributed by atoms with Crippen molar-refractivity contribution in [1.29, 1.82) is 0 Å². The lowest BCUT2D eigenvalue weighted by molar-refractivity contribution is 0.0741. The van der Waals surface area contributed by atoms with Gasteiger partial charge in [-0.05, 0) is 42.5 Å². The number of nitrogens with two attached hydrogens (primary N) is 1. The zero-order valence-electron chi connectivity index (χ0n) is 19.6. The van der Waals surface area contributed by atoms with E-state index in [2.05, 4.69) is 39.2 Å². The summed E-state index contributed by atoms with van der Waals surface area (Å²) in [5.41, 5.74) is 9.96. The number of anilines is 3. The fourth-order valence-corrected chi connectivity index (χ4v) is 5.36. The van der Waals surface area contributed by atoms with E-state index in [4.69, 9.17) is 10.5 Å². The van der Waals surface area contributed by atoms with Gasteiger partial charge in [-0.25, -0.2) is 4.99 Å². The number of amides is 1. The highest BCUT2D eigenvalue weighted by molar-refractivity contribution is 7.20. The van der Waals surface area contributed by atoms with Crippen LogP contribution in [0.4, 0.5) is 17.1 Å². The SMILES string of the molecule is C=C(N=Cc1ccc2sc(C(=O)N3CCNCC3)cc2c1N)Nc1ccc(N2CCOCC2)cc1. The van der Waals surface area contributed by atoms with Crippen LogP contribution in [0.2, 0.25) is 0 Å². The number of nitrogens with zero attached hydrogens (tertiary/aromatic N) is 3. The van der Waals surface area contributed by atoms with Crippen molar-refractivity contribution in [3.05, 3.63) is 65.3 Å². The number of piperazine rings is 1. The lowest BCUT2D eigenvalue weighted by atomic mass is 10.1. The Balaban J connectivity index is 1.25. The van der Waals surface area contributed by atoms with Gasteiger partial charge in [0, 0.05) is 78.2 Å². The first-order valence-corrected chi connectivity index (χ1v) is 12.6. The monoisotopic (exact) mass is 490 g/mol. The third-order valence-electron chi connectivity index (χ3n) is 6.28. The third kappa shape index (κ3) is 5.32. The largest absolute Gasteiger partial charge is 0.398 e. The normalized spacial score (nSPS) is 16.7. The molecule has 1 aromatic heterocycles. The molecule has 0 aliphatic carbocycles. The number of carbonyl (C=O) groups is 1. The maximum Gasteiger partial charge on any atom is 0.264 e. The minimum Gasteiger partial charge on any atom is -0.398 e. The van der Waals surface area contributed by atoms with Gasteiger partial charge in [0.1, 0.15) is 5.82 Å². The van der Waals surface area contributed by atoms with Gasteiger partial charge in [0.15, 0.2) is 0 Å². The first-order chi connectivity index (χ1) is 17.1. The molecule has 1 amide bonds. The third-order valence-corrected chi connectivity index (χ3v) is 7.37. The first-order valence-electron chi connectivity index (χ1n) is 11.8. The van der Waals surface area contributed by atoms with Crippen molar-refractivity contribution >= 4 is 50.6 Å². The first kappa shape index (κ1) is 23.3. The zero-order chi connectivity index (χ0) is 24.2. The van der Waals surface area contributed by atoms with E-state index in [0.717, 1.165) is 73.8 Å². The number of hydrogen-bond acceptors (Lipinski definition) is 8. The molecule has 5 rings (SSSR count). The molecule has 4 N–H and O–H groups in total. The highest BCUT2D eigenvalue weighted by atomic mass is 32.1. The Morgan fingerprint density at radius 3 is 2.60 bits per heavy atom. The highest BCUT2D eigenvalue weighted by Gasteiger charge is 2.20. The van der Waals surface area contributed by atoms with E-state index in [9.17, 15) is 4.79 Å². The predicted octanol–water partition coefficient (Wildman–Crippen LogP) is 3.37. The van der Waals surface area contributed by atoms with Gasteiger partial charge in [-0.3, -0.25) is 4.79 Å². The fraction of sp³-hybridized carbons (Fsp3) is 0.308. The number of nitrogen functional groups attached to an aromatic ring is 1. The van der Waals surface area contributed by atoms with Gasteiger partial charge < -0.3 is 30.9 Å². The summed E-state index contributed by atoms with van der Waals surface area (Å²) in [7, 11) is 0. The van der Waals surface area contributed by atoms with Crippen LogP contribution in [0.15, 0.2) is 59.9 Å². The van der Waals surface area contributed by atoms with Crippen molar-refractivity contribution in [2.24, 2.45) is 4.99 Å². The predicted molar refractivity (Wildman–Crippen MR) is 145 cm³/mol. The smallest absolute Gasteiger partial charge is 0.264 e. The minimum atomic E-state index is 0.0690. The van der Waals surface area contributed by atoms with Crippen molar-refractivity contribution < 1.29 is 9.53 Å². The van der Waals surface area contributed by atoms with Crippen LogP contribution in [0.25, 0.3) is 10.1 Å². The summed E-state index contributed by atoms with van der Waals surface area (Å²) in [5, 5.41) is 7.38. The Hall–Kier alpha value is -3.40. The number of carbonyl (C=O) groups excluding carboxylic acids is 1. The average molecular weight is 491 g/mol. The topological polar surface area (TPSA) is 95.2 Å². The molecule has 2 aliphatic heterocycles. The second-order valence-electron chi connectivity index (χ2n) is 8.61. The number of thiophene rings is 1. The number of rotatable bonds is 6. The van der Waals surface area contributed by atoms with Crippen LogP contribution in [0, 0.1) is 0 Å². The van der Waals surface area contributed by atoms with Gasteiger partial charge in [0.2, 0.25) is 0 Å². The summed E-state index contributed by atoms with van der Waals surface area (Å²) >= 11 is 1.48. The lowest BCUT2D eigenvalue weighted by Gasteiger charge is -2.28. The molecule has 0 unspecified atom stereocenters. The van der Waals surface area contributed by atoms with Crippen LogP contribution in [0.1, 0.15) is 15.2 Å². The van der Waals surface area contributed by atoms with Crippen LogP contribution in [-0.2, 0) is 4.74 Å². The van der Waals surface area contributed by atoms with Crippen LogP contribution in [0.5, 0.6) is 0 Å². The Bertz CT molecular complexity index is 1240. The van der Waals surface area contributed by atoms with Gasteiger partial charge in [0.25, 0.3) is 5.91 Å². The molecule has 0 atom stereocenters. The van der Waals surface area contributed by atoms with Gasteiger partial charge in [-0.1, -0.05) is 6.58 Å². The van der Waals surface area contributed by atoms with E-state index in [1.54, 1.807) is 6.21 Å². The molecule has 0 bridgehead atoms. The number of fused-ring (bicyclic) bond motifs is 1. The highest BCUT2D eigenvalue weighted by Crippen LogP contribution is 2.32. The van der Waals surface area contributed by atoms with E-state index < -0.39 is 0 Å². The summed E-state index contributed by atoms with van der Waals surface area (Å²) in [4.78, 5) is 22.3.